The van der Waals surface area contributed by atoms with Crippen molar-refractivity contribution in [2.45, 2.75) is 45.7 Å². The summed E-state index contributed by atoms with van der Waals surface area (Å²) in [5, 5.41) is 15.4. The zero-order valence-corrected chi connectivity index (χ0v) is 12.3. The number of rotatable bonds is 4. The largest absolute Gasteiger partial charge is 0.409 e. The van der Waals surface area contributed by atoms with Gasteiger partial charge in [0.1, 0.15) is 0 Å². The fourth-order valence-electron chi connectivity index (χ4n) is 3.27. The molecule has 0 heterocycles. The standard InChI is InChI=1S/C16H25N3O/c1-11-6-12(2)8-15(7-11)18-10-13-4-3-5-14(9-13)16(17)19-20/h3-5,9,11-12,15,18,20H,6-8,10H2,1-2H3,(H2,17,19). The second kappa shape index (κ2) is 6.75. The molecule has 1 aliphatic carbocycles. The molecule has 0 spiro atoms. The quantitative estimate of drug-likeness (QED) is 0.342. The van der Waals surface area contributed by atoms with Crippen LogP contribution in [0.15, 0.2) is 29.4 Å². The molecule has 1 saturated carbocycles. The van der Waals surface area contributed by atoms with Crippen LogP contribution in [0, 0.1) is 11.8 Å². The Morgan fingerprint density at radius 3 is 2.65 bits per heavy atom. The first-order valence-corrected chi connectivity index (χ1v) is 7.38. The summed E-state index contributed by atoms with van der Waals surface area (Å²) >= 11 is 0. The van der Waals surface area contributed by atoms with Gasteiger partial charge in [0.2, 0.25) is 0 Å². The van der Waals surface area contributed by atoms with Gasteiger partial charge in [0, 0.05) is 18.2 Å². The van der Waals surface area contributed by atoms with E-state index in [4.69, 9.17) is 10.9 Å². The third kappa shape index (κ3) is 3.97. The Morgan fingerprint density at radius 1 is 1.30 bits per heavy atom. The van der Waals surface area contributed by atoms with Crippen LogP contribution in [-0.4, -0.2) is 17.1 Å². The second-order valence-corrected chi connectivity index (χ2v) is 6.18. The predicted octanol–water partition coefficient (Wildman–Crippen LogP) is 2.70. The Morgan fingerprint density at radius 2 is 2.00 bits per heavy atom. The molecule has 4 heteroatoms. The first kappa shape index (κ1) is 14.9. The van der Waals surface area contributed by atoms with Crippen molar-refractivity contribution in [1.29, 1.82) is 0 Å². The molecule has 0 saturated heterocycles. The number of nitrogens with two attached hydrogens (primary N) is 1. The van der Waals surface area contributed by atoms with Crippen LogP contribution in [-0.2, 0) is 6.54 Å². The lowest BCUT2D eigenvalue weighted by molar-refractivity contribution is 0.238. The summed E-state index contributed by atoms with van der Waals surface area (Å²) in [6.07, 6.45) is 3.85. The molecule has 0 aromatic heterocycles. The molecule has 2 atom stereocenters. The summed E-state index contributed by atoms with van der Waals surface area (Å²) in [5.41, 5.74) is 7.55. The molecule has 0 radical (unpaired) electrons. The number of benzene rings is 1. The molecule has 4 nitrogen and oxygen atoms in total. The number of oxime groups is 1. The monoisotopic (exact) mass is 275 g/mol. The molecule has 1 fully saturated rings. The van der Waals surface area contributed by atoms with Crippen molar-refractivity contribution < 1.29 is 5.21 Å². The van der Waals surface area contributed by atoms with Crippen LogP contribution in [0.4, 0.5) is 0 Å². The molecular formula is C16H25N3O. The SMILES string of the molecule is CC1CC(C)CC(NCc2cccc(C(N)=NO)c2)C1. The Kier molecular flexibility index (Phi) is 5.01. The fourth-order valence-corrected chi connectivity index (χ4v) is 3.27. The Bertz CT molecular complexity index is 463. The summed E-state index contributed by atoms with van der Waals surface area (Å²) in [4.78, 5) is 0. The highest BCUT2D eigenvalue weighted by molar-refractivity contribution is 5.97. The van der Waals surface area contributed by atoms with E-state index in [0.29, 0.717) is 6.04 Å². The van der Waals surface area contributed by atoms with E-state index < -0.39 is 0 Å². The zero-order valence-electron chi connectivity index (χ0n) is 12.3. The van der Waals surface area contributed by atoms with Gasteiger partial charge < -0.3 is 16.3 Å². The molecule has 2 rings (SSSR count). The van der Waals surface area contributed by atoms with Crippen LogP contribution >= 0.6 is 0 Å². The van der Waals surface area contributed by atoms with E-state index in [2.05, 4.69) is 30.4 Å². The fraction of sp³-hybridized carbons (Fsp3) is 0.562. The molecule has 2 unspecified atom stereocenters. The molecular weight excluding hydrogens is 250 g/mol. The lowest BCUT2D eigenvalue weighted by Crippen LogP contribution is -2.35. The number of hydrogen-bond acceptors (Lipinski definition) is 3. The normalized spacial score (nSPS) is 27.5. The van der Waals surface area contributed by atoms with Gasteiger partial charge in [-0.3, -0.25) is 0 Å². The molecule has 0 bridgehead atoms. The molecule has 1 aromatic carbocycles. The van der Waals surface area contributed by atoms with Crippen LogP contribution in [0.2, 0.25) is 0 Å². The summed E-state index contributed by atoms with van der Waals surface area (Å²) in [7, 11) is 0. The lowest BCUT2D eigenvalue weighted by Gasteiger charge is -2.32. The minimum atomic E-state index is 0.159. The highest BCUT2D eigenvalue weighted by Gasteiger charge is 2.23. The minimum Gasteiger partial charge on any atom is -0.409 e. The van der Waals surface area contributed by atoms with Crippen molar-refractivity contribution >= 4 is 5.84 Å². The molecule has 0 aliphatic heterocycles. The Balaban J connectivity index is 1.94. The number of amidine groups is 1. The van der Waals surface area contributed by atoms with E-state index in [9.17, 15) is 0 Å². The highest BCUT2D eigenvalue weighted by Crippen LogP contribution is 2.28. The van der Waals surface area contributed by atoms with Crippen LogP contribution < -0.4 is 11.1 Å². The first-order valence-electron chi connectivity index (χ1n) is 7.38. The first-order chi connectivity index (χ1) is 9.58. The van der Waals surface area contributed by atoms with Crippen molar-refractivity contribution in [2.24, 2.45) is 22.7 Å². The zero-order chi connectivity index (χ0) is 14.5. The minimum absolute atomic E-state index is 0.159. The number of nitrogens with one attached hydrogen (secondary N) is 1. The molecule has 0 amide bonds. The van der Waals surface area contributed by atoms with Crippen molar-refractivity contribution in [3.05, 3.63) is 35.4 Å². The van der Waals surface area contributed by atoms with E-state index in [-0.39, 0.29) is 5.84 Å². The molecule has 110 valence electrons. The summed E-state index contributed by atoms with van der Waals surface area (Å²) in [6.45, 7) is 5.50. The predicted molar refractivity (Wildman–Crippen MR) is 81.8 cm³/mol. The summed E-state index contributed by atoms with van der Waals surface area (Å²) < 4.78 is 0. The van der Waals surface area contributed by atoms with E-state index in [1.807, 2.05) is 18.2 Å². The molecule has 20 heavy (non-hydrogen) atoms. The van der Waals surface area contributed by atoms with E-state index >= 15 is 0 Å². The average molecular weight is 275 g/mol. The van der Waals surface area contributed by atoms with E-state index in [1.54, 1.807) is 0 Å². The Hall–Kier alpha value is -1.55. The lowest BCUT2D eigenvalue weighted by atomic mass is 9.80. The van der Waals surface area contributed by atoms with Gasteiger partial charge in [-0.05, 0) is 42.7 Å². The van der Waals surface area contributed by atoms with Crippen LogP contribution in [0.25, 0.3) is 0 Å². The topological polar surface area (TPSA) is 70.6 Å². The summed E-state index contributed by atoms with van der Waals surface area (Å²) in [5.74, 6) is 1.77. The van der Waals surface area contributed by atoms with Crippen molar-refractivity contribution in [2.75, 3.05) is 0 Å². The van der Waals surface area contributed by atoms with Gasteiger partial charge in [0.05, 0.1) is 0 Å². The van der Waals surface area contributed by atoms with Crippen molar-refractivity contribution in [3.63, 3.8) is 0 Å². The smallest absolute Gasteiger partial charge is 0.170 e. The third-order valence-corrected chi connectivity index (χ3v) is 4.10. The van der Waals surface area contributed by atoms with Gasteiger partial charge >= 0.3 is 0 Å². The van der Waals surface area contributed by atoms with Gasteiger partial charge in [-0.15, -0.1) is 0 Å². The third-order valence-electron chi connectivity index (χ3n) is 4.10. The summed E-state index contributed by atoms with van der Waals surface area (Å²) in [6, 6.07) is 8.43. The van der Waals surface area contributed by atoms with Gasteiger partial charge in [0.25, 0.3) is 0 Å². The number of hydrogen-bond donors (Lipinski definition) is 3. The second-order valence-electron chi connectivity index (χ2n) is 6.18. The van der Waals surface area contributed by atoms with E-state index in [0.717, 1.165) is 23.9 Å². The maximum atomic E-state index is 8.72. The van der Waals surface area contributed by atoms with Crippen molar-refractivity contribution in [1.82, 2.24) is 5.32 Å². The van der Waals surface area contributed by atoms with Gasteiger partial charge in [-0.25, -0.2) is 0 Å². The number of nitrogens with zero attached hydrogens (tertiary/aromatic N) is 1. The van der Waals surface area contributed by atoms with E-state index in [1.165, 1.54) is 24.8 Å². The average Bonchev–Trinajstić information content (AvgIpc) is 2.43. The van der Waals surface area contributed by atoms with Gasteiger partial charge in [-0.1, -0.05) is 37.2 Å². The maximum absolute atomic E-state index is 8.72. The van der Waals surface area contributed by atoms with Gasteiger partial charge in [-0.2, -0.15) is 0 Å². The van der Waals surface area contributed by atoms with Crippen molar-refractivity contribution in [3.8, 4) is 0 Å². The maximum Gasteiger partial charge on any atom is 0.170 e. The van der Waals surface area contributed by atoms with Crippen LogP contribution in [0.3, 0.4) is 0 Å². The Labute approximate surface area is 121 Å². The van der Waals surface area contributed by atoms with Crippen LogP contribution in [0.1, 0.15) is 44.2 Å². The molecule has 1 aromatic rings. The van der Waals surface area contributed by atoms with Gasteiger partial charge in [0.15, 0.2) is 5.84 Å². The van der Waals surface area contributed by atoms with Crippen LogP contribution in [0.5, 0.6) is 0 Å². The highest BCUT2D eigenvalue weighted by atomic mass is 16.4. The molecule has 4 N–H and O–H groups in total. The molecule has 1 aliphatic rings.